The molecule has 0 spiro atoms. The first-order chi connectivity index (χ1) is 14.3. The molecule has 3 aromatic rings. The van der Waals surface area contributed by atoms with Crippen LogP contribution < -0.4 is 11.2 Å². The SMILES string of the molecule is Cc1ccccc1Cn1c(CN2C[C@H](C)C[C@H](C)C2)nc2c1c(=O)n(C)c(=O)n2C. The van der Waals surface area contributed by atoms with Gasteiger partial charge in [0.2, 0.25) is 0 Å². The van der Waals surface area contributed by atoms with Gasteiger partial charge in [-0.15, -0.1) is 0 Å². The molecule has 1 aliphatic rings. The third-order valence-corrected chi connectivity index (χ3v) is 6.33. The average molecular weight is 410 g/mol. The fourth-order valence-corrected chi connectivity index (χ4v) is 4.86. The molecule has 0 aliphatic carbocycles. The summed E-state index contributed by atoms with van der Waals surface area (Å²) in [5, 5.41) is 0. The van der Waals surface area contributed by atoms with Gasteiger partial charge in [-0.25, -0.2) is 9.78 Å². The van der Waals surface area contributed by atoms with Crippen LogP contribution in [0.25, 0.3) is 11.2 Å². The lowest BCUT2D eigenvalue weighted by atomic mass is 9.92. The Labute approximate surface area is 176 Å². The van der Waals surface area contributed by atoms with E-state index in [4.69, 9.17) is 4.98 Å². The lowest BCUT2D eigenvalue weighted by Crippen LogP contribution is -2.39. The molecule has 4 rings (SSSR count). The molecule has 30 heavy (non-hydrogen) atoms. The van der Waals surface area contributed by atoms with Crippen molar-refractivity contribution < 1.29 is 0 Å². The van der Waals surface area contributed by atoms with Crippen LogP contribution in [0.4, 0.5) is 0 Å². The number of aryl methyl sites for hydroxylation is 2. The summed E-state index contributed by atoms with van der Waals surface area (Å²) in [4.78, 5) is 32.8. The second-order valence-electron chi connectivity index (χ2n) is 9.06. The van der Waals surface area contributed by atoms with E-state index in [1.807, 2.05) is 16.7 Å². The predicted octanol–water partition coefficient (Wildman–Crippen LogP) is 2.27. The maximum Gasteiger partial charge on any atom is 0.332 e. The third-order valence-electron chi connectivity index (χ3n) is 6.33. The number of aromatic nitrogens is 4. The first kappa shape index (κ1) is 20.6. The number of nitrogens with zero attached hydrogens (tertiary/aromatic N) is 5. The summed E-state index contributed by atoms with van der Waals surface area (Å²) in [6.45, 7) is 9.94. The third kappa shape index (κ3) is 3.62. The molecule has 0 bridgehead atoms. The highest BCUT2D eigenvalue weighted by atomic mass is 16.2. The first-order valence-electron chi connectivity index (χ1n) is 10.7. The number of likely N-dealkylation sites (tertiary alicyclic amines) is 1. The van der Waals surface area contributed by atoms with E-state index in [9.17, 15) is 9.59 Å². The second kappa shape index (κ2) is 7.87. The Hall–Kier alpha value is -2.67. The standard InChI is InChI=1S/C23H31N5O2/c1-15-10-16(2)12-27(11-15)14-19-24-21-20(22(29)26(5)23(30)25(21)4)28(19)13-18-9-7-6-8-17(18)3/h6-9,15-16H,10-14H2,1-5H3/t15-,16+. The van der Waals surface area contributed by atoms with Crippen LogP contribution in [0.3, 0.4) is 0 Å². The van der Waals surface area contributed by atoms with Gasteiger partial charge in [-0.05, 0) is 36.3 Å². The van der Waals surface area contributed by atoms with Crippen LogP contribution in [0.15, 0.2) is 33.9 Å². The van der Waals surface area contributed by atoms with Gasteiger partial charge in [0.05, 0.1) is 6.54 Å². The van der Waals surface area contributed by atoms with Crippen molar-refractivity contribution >= 4 is 11.2 Å². The number of piperidine rings is 1. The summed E-state index contributed by atoms with van der Waals surface area (Å²) in [6.07, 6.45) is 1.24. The molecule has 0 saturated carbocycles. The van der Waals surface area contributed by atoms with E-state index in [1.54, 1.807) is 7.05 Å². The highest BCUT2D eigenvalue weighted by Gasteiger charge is 2.25. The van der Waals surface area contributed by atoms with E-state index in [-0.39, 0.29) is 11.2 Å². The molecule has 0 radical (unpaired) electrons. The fourth-order valence-electron chi connectivity index (χ4n) is 4.86. The van der Waals surface area contributed by atoms with E-state index < -0.39 is 0 Å². The molecule has 7 heteroatoms. The second-order valence-corrected chi connectivity index (χ2v) is 9.06. The number of hydrogen-bond acceptors (Lipinski definition) is 4. The van der Waals surface area contributed by atoms with E-state index in [0.29, 0.717) is 36.1 Å². The van der Waals surface area contributed by atoms with Gasteiger partial charge in [-0.3, -0.25) is 18.8 Å². The topological polar surface area (TPSA) is 65.1 Å². The molecule has 2 atom stereocenters. The smallest absolute Gasteiger partial charge is 0.317 e. The maximum atomic E-state index is 13.1. The summed E-state index contributed by atoms with van der Waals surface area (Å²) in [7, 11) is 3.22. The number of benzene rings is 1. The van der Waals surface area contributed by atoms with Crippen molar-refractivity contribution in [3.8, 4) is 0 Å². The van der Waals surface area contributed by atoms with E-state index in [1.165, 1.54) is 28.2 Å². The number of fused-ring (bicyclic) bond motifs is 1. The van der Waals surface area contributed by atoms with Gasteiger partial charge in [-0.2, -0.15) is 0 Å². The van der Waals surface area contributed by atoms with Gasteiger partial charge in [0.15, 0.2) is 11.2 Å². The van der Waals surface area contributed by atoms with Gasteiger partial charge in [0.1, 0.15) is 5.82 Å². The summed E-state index contributed by atoms with van der Waals surface area (Å²) in [5.74, 6) is 2.12. The van der Waals surface area contributed by atoms with Crippen LogP contribution in [-0.2, 0) is 27.2 Å². The summed E-state index contributed by atoms with van der Waals surface area (Å²) < 4.78 is 4.67. The number of rotatable bonds is 4. The van der Waals surface area contributed by atoms with E-state index >= 15 is 0 Å². The molecular formula is C23H31N5O2. The predicted molar refractivity (Wildman–Crippen MR) is 119 cm³/mol. The van der Waals surface area contributed by atoms with E-state index in [0.717, 1.165) is 24.5 Å². The summed E-state index contributed by atoms with van der Waals surface area (Å²) in [5.41, 5.74) is 2.64. The highest BCUT2D eigenvalue weighted by molar-refractivity contribution is 5.71. The van der Waals surface area contributed by atoms with Gasteiger partial charge >= 0.3 is 5.69 Å². The minimum atomic E-state index is -0.347. The molecule has 1 aliphatic heterocycles. The normalized spacial score (nSPS) is 20.2. The molecular weight excluding hydrogens is 378 g/mol. The van der Waals surface area contributed by atoms with Crippen molar-refractivity contribution in [3.63, 3.8) is 0 Å². The molecule has 3 heterocycles. The lowest BCUT2D eigenvalue weighted by molar-refractivity contribution is 0.130. The molecule has 0 amide bonds. The van der Waals surface area contributed by atoms with Crippen molar-refractivity contribution in [3.05, 3.63) is 62.1 Å². The Morgan fingerprint density at radius 1 is 1.00 bits per heavy atom. The zero-order valence-electron chi connectivity index (χ0n) is 18.6. The zero-order chi connectivity index (χ0) is 21.6. The van der Waals surface area contributed by atoms with Crippen LogP contribution in [0, 0.1) is 18.8 Å². The van der Waals surface area contributed by atoms with Crippen LogP contribution in [0.5, 0.6) is 0 Å². The minimum absolute atomic E-state index is 0.291. The van der Waals surface area contributed by atoms with Gasteiger partial charge in [-0.1, -0.05) is 38.1 Å². The van der Waals surface area contributed by atoms with Gasteiger partial charge in [0.25, 0.3) is 5.56 Å². The van der Waals surface area contributed by atoms with Gasteiger partial charge in [0, 0.05) is 33.7 Å². The van der Waals surface area contributed by atoms with Crippen LogP contribution in [-0.4, -0.2) is 36.7 Å². The first-order valence-corrected chi connectivity index (χ1v) is 10.7. The number of imidazole rings is 1. The molecule has 1 fully saturated rings. The minimum Gasteiger partial charge on any atom is -0.317 e. The molecule has 160 valence electrons. The molecule has 2 aromatic heterocycles. The van der Waals surface area contributed by atoms with Crippen LogP contribution in [0.1, 0.15) is 37.2 Å². The molecule has 1 saturated heterocycles. The van der Waals surface area contributed by atoms with Crippen molar-refractivity contribution in [2.24, 2.45) is 25.9 Å². The Morgan fingerprint density at radius 2 is 1.67 bits per heavy atom. The van der Waals surface area contributed by atoms with Gasteiger partial charge < -0.3 is 4.57 Å². The quantitative estimate of drug-likeness (QED) is 0.663. The van der Waals surface area contributed by atoms with Crippen LogP contribution >= 0.6 is 0 Å². The molecule has 1 aromatic carbocycles. The Kier molecular flexibility index (Phi) is 5.40. The zero-order valence-corrected chi connectivity index (χ0v) is 18.6. The van der Waals surface area contributed by atoms with Crippen molar-refractivity contribution in [2.75, 3.05) is 13.1 Å². The highest BCUT2D eigenvalue weighted by Crippen LogP contribution is 2.24. The largest absolute Gasteiger partial charge is 0.332 e. The maximum absolute atomic E-state index is 13.1. The molecule has 7 nitrogen and oxygen atoms in total. The molecule has 0 N–H and O–H groups in total. The lowest BCUT2D eigenvalue weighted by Gasteiger charge is -2.34. The van der Waals surface area contributed by atoms with Crippen LogP contribution in [0.2, 0.25) is 0 Å². The van der Waals surface area contributed by atoms with E-state index in [2.05, 4.69) is 37.8 Å². The van der Waals surface area contributed by atoms with Crippen molar-refractivity contribution in [1.29, 1.82) is 0 Å². The van der Waals surface area contributed by atoms with Crippen molar-refractivity contribution in [1.82, 2.24) is 23.6 Å². The number of hydrogen-bond donors (Lipinski definition) is 0. The molecule has 0 unspecified atom stereocenters. The van der Waals surface area contributed by atoms with Crippen molar-refractivity contribution in [2.45, 2.75) is 40.3 Å². The summed E-state index contributed by atoms with van der Waals surface area (Å²) in [6, 6.07) is 8.20. The Morgan fingerprint density at radius 3 is 2.33 bits per heavy atom. The summed E-state index contributed by atoms with van der Waals surface area (Å²) >= 11 is 0. The Balaban J connectivity index is 1.87. The monoisotopic (exact) mass is 409 g/mol. The Bertz CT molecular complexity index is 1190. The average Bonchev–Trinajstić information content (AvgIpc) is 3.04. The fraction of sp³-hybridized carbons (Fsp3) is 0.522.